The molecule has 1 heterocycles. The summed E-state index contributed by atoms with van der Waals surface area (Å²) in [5.41, 5.74) is 1.97. The van der Waals surface area contributed by atoms with Crippen molar-refractivity contribution in [2.75, 3.05) is 13.1 Å². The minimum Gasteiger partial charge on any atom is -0.508 e. The molecule has 0 saturated carbocycles. The Morgan fingerprint density at radius 3 is 2.58 bits per heavy atom. The lowest BCUT2D eigenvalue weighted by molar-refractivity contribution is -0.121. The minimum absolute atomic E-state index is 0.0325. The summed E-state index contributed by atoms with van der Waals surface area (Å²) in [5, 5.41) is 12.9. The Kier molecular flexibility index (Phi) is 5.16. The van der Waals surface area contributed by atoms with E-state index in [4.69, 9.17) is 0 Å². The monoisotopic (exact) mass is 324 g/mol. The lowest BCUT2D eigenvalue weighted by atomic mass is 10.1. The van der Waals surface area contributed by atoms with E-state index < -0.39 is 0 Å². The van der Waals surface area contributed by atoms with Crippen molar-refractivity contribution in [2.24, 2.45) is 5.92 Å². The third-order valence-electron chi connectivity index (χ3n) is 4.63. The molecule has 1 fully saturated rings. The summed E-state index contributed by atoms with van der Waals surface area (Å²) < 4.78 is 0. The summed E-state index contributed by atoms with van der Waals surface area (Å²) in [5.74, 6) is 0.565. The molecule has 4 heteroatoms. The molecule has 2 atom stereocenters. The average Bonchev–Trinajstić information content (AvgIpc) is 2.90. The SMILES string of the molecule is C[C@H]1CN(Cc2ccccc2)C[C@@H]1NC(=O)Cc1ccccc1O. The number of rotatable bonds is 5. The van der Waals surface area contributed by atoms with Crippen LogP contribution < -0.4 is 5.32 Å². The zero-order valence-corrected chi connectivity index (χ0v) is 14.0. The molecule has 1 saturated heterocycles. The third-order valence-corrected chi connectivity index (χ3v) is 4.63. The van der Waals surface area contributed by atoms with Gasteiger partial charge in [0.05, 0.1) is 6.42 Å². The van der Waals surface area contributed by atoms with Gasteiger partial charge in [-0.15, -0.1) is 0 Å². The van der Waals surface area contributed by atoms with Gasteiger partial charge in [0.1, 0.15) is 5.75 Å². The first-order valence-corrected chi connectivity index (χ1v) is 8.44. The van der Waals surface area contributed by atoms with Gasteiger partial charge in [-0.05, 0) is 17.5 Å². The van der Waals surface area contributed by atoms with Crippen molar-refractivity contribution >= 4 is 5.91 Å². The van der Waals surface area contributed by atoms with Crippen LogP contribution in [-0.2, 0) is 17.8 Å². The number of para-hydroxylation sites is 1. The van der Waals surface area contributed by atoms with E-state index in [1.807, 2.05) is 12.1 Å². The number of phenols is 1. The van der Waals surface area contributed by atoms with Gasteiger partial charge in [0.15, 0.2) is 0 Å². The summed E-state index contributed by atoms with van der Waals surface area (Å²) in [6.07, 6.45) is 0.217. The van der Waals surface area contributed by atoms with Crippen LogP contribution in [0.5, 0.6) is 5.75 Å². The highest BCUT2D eigenvalue weighted by atomic mass is 16.3. The summed E-state index contributed by atoms with van der Waals surface area (Å²) in [6, 6.07) is 17.6. The molecule has 4 nitrogen and oxygen atoms in total. The Balaban J connectivity index is 1.54. The van der Waals surface area contributed by atoms with Crippen molar-refractivity contribution in [1.82, 2.24) is 10.2 Å². The predicted octanol–water partition coefficient (Wildman–Crippen LogP) is 2.57. The summed E-state index contributed by atoms with van der Waals surface area (Å²) in [6.45, 7) is 4.94. The van der Waals surface area contributed by atoms with Crippen molar-refractivity contribution < 1.29 is 9.90 Å². The van der Waals surface area contributed by atoms with Crippen molar-refractivity contribution in [1.29, 1.82) is 0 Å². The van der Waals surface area contributed by atoms with Crippen molar-refractivity contribution in [3.05, 3.63) is 65.7 Å². The van der Waals surface area contributed by atoms with Crippen LogP contribution in [0.2, 0.25) is 0 Å². The first-order valence-electron chi connectivity index (χ1n) is 8.44. The Morgan fingerprint density at radius 2 is 1.83 bits per heavy atom. The molecule has 1 aliphatic heterocycles. The van der Waals surface area contributed by atoms with Crippen molar-refractivity contribution in [3.63, 3.8) is 0 Å². The standard InChI is InChI=1S/C20H24N2O2/c1-15-12-22(13-16-7-3-2-4-8-16)14-18(15)21-20(24)11-17-9-5-6-10-19(17)23/h2-10,15,18,23H,11-14H2,1H3,(H,21,24)/t15-,18-/m0/s1. The lowest BCUT2D eigenvalue weighted by Gasteiger charge is -2.17. The number of hydrogen-bond donors (Lipinski definition) is 2. The van der Waals surface area contributed by atoms with Crippen LogP contribution >= 0.6 is 0 Å². The highest BCUT2D eigenvalue weighted by Crippen LogP contribution is 2.20. The van der Waals surface area contributed by atoms with Crippen molar-refractivity contribution in [3.8, 4) is 5.75 Å². The number of hydrogen-bond acceptors (Lipinski definition) is 3. The summed E-state index contributed by atoms with van der Waals surface area (Å²) in [7, 11) is 0. The maximum atomic E-state index is 12.3. The molecule has 3 rings (SSSR count). The largest absolute Gasteiger partial charge is 0.508 e. The molecular weight excluding hydrogens is 300 g/mol. The number of carbonyl (C=O) groups excluding carboxylic acids is 1. The van der Waals surface area contributed by atoms with Crippen LogP contribution in [0.15, 0.2) is 54.6 Å². The average molecular weight is 324 g/mol. The van der Waals surface area contributed by atoms with Gasteiger partial charge in [-0.25, -0.2) is 0 Å². The Morgan fingerprint density at radius 1 is 1.12 bits per heavy atom. The molecule has 0 radical (unpaired) electrons. The number of nitrogens with zero attached hydrogens (tertiary/aromatic N) is 1. The fraction of sp³-hybridized carbons (Fsp3) is 0.350. The van der Waals surface area contributed by atoms with Crippen LogP contribution in [0.4, 0.5) is 0 Å². The molecule has 2 aromatic carbocycles. The molecular formula is C20H24N2O2. The molecule has 0 aliphatic carbocycles. The van der Waals surface area contributed by atoms with Gasteiger partial charge in [-0.1, -0.05) is 55.5 Å². The molecule has 126 valence electrons. The quantitative estimate of drug-likeness (QED) is 0.889. The van der Waals surface area contributed by atoms with Gasteiger partial charge in [0.2, 0.25) is 5.91 Å². The van der Waals surface area contributed by atoms with Crippen LogP contribution in [0.25, 0.3) is 0 Å². The molecule has 1 aliphatic rings. The Bertz CT molecular complexity index is 687. The van der Waals surface area contributed by atoms with Gasteiger partial charge < -0.3 is 10.4 Å². The van der Waals surface area contributed by atoms with E-state index in [0.29, 0.717) is 11.5 Å². The number of aromatic hydroxyl groups is 1. The minimum atomic E-state index is -0.0325. The second-order valence-corrected chi connectivity index (χ2v) is 6.64. The van der Waals surface area contributed by atoms with E-state index in [0.717, 1.165) is 19.6 Å². The second-order valence-electron chi connectivity index (χ2n) is 6.64. The highest BCUT2D eigenvalue weighted by Gasteiger charge is 2.30. The molecule has 0 unspecified atom stereocenters. The van der Waals surface area contributed by atoms with E-state index in [1.165, 1.54) is 5.56 Å². The number of nitrogens with one attached hydrogen (secondary N) is 1. The maximum Gasteiger partial charge on any atom is 0.224 e. The zero-order valence-electron chi connectivity index (χ0n) is 14.0. The molecule has 24 heavy (non-hydrogen) atoms. The molecule has 2 aromatic rings. The van der Waals surface area contributed by atoms with Gasteiger partial charge in [0, 0.05) is 31.2 Å². The summed E-state index contributed by atoms with van der Waals surface area (Å²) in [4.78, 5) is 14.7. The molecule has 0 spiro atoms. The van der Waals surface area contributed by atoms with E-state index in [-0.39, 0.29) is 24.1 Å². The first kappa shape index (κ1) is 16.5. The normalized spacial score (nSPS) is 20.9. The number of carbonyl (C=O) groups is 1. The van der Waals surface area contributed by atoms with Gasteiger partial charge in [0.25, 0.3) is 0 Å². The highest BCUT2D eigenvalue weighted by molar-refractivity contribution is 5.79. The van der Waals surface area contributed by atoms with Gasteiger partial charge in [-0.3, -0.25) is 9.69 Å². The van der Waals surface area contributed by atoms with E-state index in [9.17, 15) is 9.90 Å². The summed E-state index contributed by atoms with van der Waals surface area (Å²) >= 11 is 0. The molecule has 2 N–H and O–H groups in total. The fourth-order valence-corrected chi connectivity index (χ4v) is 3.32. The predicted molar refractivity (Wildman–Crippen MR) is 94.6 cm³/mol. The Hall–Kier alpha value is -2.33. The van der Waals surface area contributed by atoms with Crippen LogP contribution in [0.1, 0.15) is 18.1 Å². The number of phenolic OH excluding ortho intramolecular Hbond substituents is 1. The van der Waals surface area contributed by atoms with Crippen LogP contribution in [-0.4, -0.2) is 35.0 Å². The smallest absolute Gasteiger partial charge is 0.224 e. The number of likely N-dealkylation sites (tertiary alicyclic amines) is 1. The van der Waals surface area contributed by atoms with Crippen LogP contribution in [0, 0.1) is 5.92 Å². The third kappa shape index (κ3) is 4.15. The zero-order chi connectivity index (χ0) is 16.9. The molecule has 0 aromatic heterocycles. The van der Waals surface area contributed by atoms with Gasteiger partial charge in [-0.2, -0.15) is 0 Å². The fourth-order valence-electron chi connectivity index (χ4n) is 3.32. The van der Waals surface area contributed by atoms with Gasteiger partial charge >= 0.3 is 0 Å². The van der Waals surface area contributed by atoms with Crippen molar-refractivity contribution in [2.45, 2.75) is 25.9 Å². The molecule has 0 bridgehead atoms. The molecule has 1 amide bonds. The topological polar surface area (TPSA) is 52.6 Å². The van der Waals surface area contributed by atoms with E-state index >= 15 is 0 Å². The van der Waals surface area contributed by atoms with Crippen LogP contribution in [0.3, 0.4) is 0 Å². The van der Waals surface area contributed by atoms with E-state index in [1.54, 1.807) is 18.2 Å². The number of benzene rings is 2. The number of amides is 1. The second kappa shape index (κ2) is 7.49. The Labute approximate surface area is 143 Å². The maximum absolute atomic E-state index is 12.3. The lowest BCUT2D eigenvalue weighted by Crippen LogP contribution is -2.40. The first-order chi connectivity index (χ1) is 11.6. The van der Waals surface area contributed by atoms with E-state index in [2.05, 4.69) is 41.4 Å².